The fourth-order valence-corrected chi connectivity index (χ4v) is 1.27. The summed E-state index contributed by atoms with van der Waals surface area (Å²) >= 11 is 0. The highest BCUT2D eigenvalue weighted by atomic mass is 16.4. The van der Waals surface area contributed by atoms with E-state index in [2.05, 4.69) is 0 Å². The first-order valence-electron chi connectivity index (χ1n) is 4.61. The Hall–Kier alpha value is -1.10. The predicted octanol–water partition coefficient (Wildman–Crippen LogP) is 0.713. The van der Waals surface area contributed by atoms with E-state index in [1.165, 1.54) is 0 Å². The van der Waals surface area contributed by atoms with Crippen LogP contribution in [0.4, 0.5) is 0 Å². The Balaban J connectivity index is 3.86. The highest BCUT2D eigenvalue weighted by Crippen LogP contribution is 2.14. The van der Waals surface area contributed by atoms with E-state index in [9.17, 15) is 14.7 Å². The molecular formula is C9H16O5. The number of aliphatic hydroxyl groups excluding tert-OH is 1. The quantitative estimate of drug-likeness (QED) is 0.567. The monoisotopic (exact) mass is 204 g/mol. The zero-order chi connectivity index (χ0) is 11.1. The van der Waals surface area contributed by atoms with Crippen LogP contribution in [0.3, 0.4) is 0 Å². The van der Waals surface area contributed by atoms with Crippen molar-refractivity contribution in [2.24, 2.45) is 5.92 Å². The lowest BCUT2D eigenvalue weighted by Crippen LogP contribution is -2.27. The molecule has 0 saturated carbocycles. The number of hydrogen-bond donors (Lipinski definition) is 3. The molecule has 0 spiro atoms. The molecule has 0 amide bonds. The number of aliphatic carboxylic acids is 2. The standard InChI is InChI=1S/C9H16O5/c1-2-6(9(13)14)7(10)4-3-5-8(11)12/h6-7,10H,2-5H2,1H3,(H,11,12)(H,13,14). The third-order valence-corrected chi connectivity index (χ3v) is 2.11. The van der Waals surface area contributed by atoms with Gasteiger partial charge in [0.2, 0.25) is 0 Å². The minimum absolute atomic E-state index is 0.0346. The van der Waals surface area contributed by atoms with Crippen LogP contribution in [0.15, 0.2) is 0 Å². The van der Waals surface area contributed by atoms with Gasteiger partial charge in [-0.15, -0.1) is 0 Å². The Bertz CT molecular complexity index is 201. The van der Waals surface area contributed by atoms with Crippen molar-refractivity contribution < 1.29 is 24.9 Å². The van der Waals surface area contributed by atoms with E-state index in [1.807, 2.05) is 0 Å². The van der Waals surface area contributed by atoms with Crippen LogP contribution in [0.2, 0.25) is 0 Å². The van der Waals surface area contributed by atoms with Crippen LogP contribution in [0.5, 0.6) is 0 Å². The molecule has 0 aliphatic carbocycles. The zero-order valence-electron chi connectivity index (χ0n) is 8.14. The van der Waals surface area contributed by atoms with Crippen LogP contribution < -0.4 is 0 Å². The molecule has 2 unspecified atom stereocenters. The molecule has 14 heavy (non-hydrogen) atoms. The van der Waals surface area contributed by atoms with Gasteiger partial charge in [0.05, 0.1) is 12.0 Å². The van der Waals surface area contributed by atoms with Crippen molar-refractivity contribution in [1.29, 1.82) is 0 Å². The smallest absolute Gasteiger partial charge is 0.309 e. The van der Waals surface area contributed by atoms with E-state index in [4.69, 9.17) is 10.2 Å². The number of carboxylic acid groups (broad SMARTS) is 2. The largest absolute Gasteiger partial charge is 0.481 e. The lowest BCUT2D eigenvalue weighted by Gasteiger charge is -2.16. The Morgan fingerprint density at radius 1 is 1.29 bits per heavy atom. The van der Waals surface area contributed by atoms with E-state index in [0.717, 1.165) is 0 Å². The first kappa shape index (κ1) is 12.9. The molecule has 2 atom stereocenters. The van der Waals surface area contributed by atoms with Crippen LogP contribution >= 0.6 is 0 Å². The Kier molecular flexibility index (Phi) is 5.87. The maximum absolute atomic E-state index is 10.6. The molecule has 0 heterocycles. The van der Waals surface area contributed by atoms with E-state index in [1.54, 1.807) is 6.92 Å². The molecule has 0 aliphatic heterocycles. The zero-order valence-corrected chi connectivity index (χ0v) is 8.14. The maximum Gasteiger partial charge on any atom is 0.309 e. The van der Waals surface area contributed by atoms with Gasteiger partial charge in [-0.2, -0.15) is 0 Å². The van der Waals surface area contributed by atoms with Crippen molar-refractivity contribution in [2.45, 2.75) is 38.7 Å². The van der Waals surface area contributed by atoms with Crippen molar-refractivity contribution in [3.05, 3.63) is 0 Å². The van der Waals surface area contributed by atoms with Crippen LogP contribution in [0.1, 0.15) is 32.6 Å². The molecule has 0 aromatic heterocycles. The van der Waals surface area contributed by atoms with Gasteiger partial charge in [0.25, 0.3) is 0 Å². The normalized spacial score (nSPS) is 14.7. The highest BCUT2D eigenvalue weighted by Gasteiger charge is 2.23. The number of aliphatic hydroxyl groups is 1. The average Bonchev–Trinajstić information content (AvgIpc) is 2.03. The molecule has 0 rings (SSSR count). The molecule has 0 aromatic carbocycles. The Morgan fingerprint density at radius 2 is 1.86 bits per heavy atom. The second kappa shape index (κ2) is 6.37. The number of hydrogen-bond acceptors (Lipinski definition) is 3. The van der Waals surface area contributed by atoms with Gasteiger partial charge in [0.1, 0.15) is 0 Å². The van der Waals surface area contributed by atoms with Gasteiger partial charge in [0, 0.05) is 6.42 Å². The summed E-state index contributed by atoms with van der Waals surface area (Å²) in [5, 5.41) is 26.4. The second-order valence-corrected chi connectivity index (χ2v) is 3.21. The molecule has 0 radical (unpaired) electrons. The first-order chi connectivity index (χ1) is 6.49. The summed E-state index contributed by atoms with van der Waals surface area (Å²) in [5.41, 5.74) is 0. The summed E-state index contributed by atoms with van der Waals surface area (Å²) in [6.07, 6.45) is -0.106. The summed E-state index contributed by atoms with van der Waals surface area (Å²) in [6, 6.07) is 0. The van der Waals surface area contributed by atoms with Crippen molar-refractivity contribution in [2.75, 3.05) is 0 Å². The fraction of sp³-hybridized carbons (Fsp3) is 0.778. The minimum atomic E-state index is -1.03. The molecule has 0 aliphatic rings. The van der Waals surface area contributed by atoms with E-state index < -0.39 is 24.0 Å². The summed E-state index contributed by atoms with van der Waals surface area (Å²) in [6.45, 7) is 1.68. The van der Waals surface area contributed by atoms with Gasteiger partial charge in [-0.3, -0.25) is 9.59 Å². The van der Waals surface area contributed by atoms with Crippen molar-refractivity contribution in [1.82, 2.24) is 0 Å². The molecule has 82 valence electrons. The van der Waals surface area contributed by atoms with Gasteiger partial charge >= 0.3 is 11.9 Å². The van der Waals surface area contributed by atoms with Crippen molar-refractivity contribution >= 4 is 11.9 Å². The maximum atomic E-state index is 10.6. The van der Waals surface area contributed by atoms with E-state index in [-0.39, 0.29) is 12.8 Å². The highest BCUT2D eigenvalue weighted by molar-refractivity contribution is 5.70. The summed E-state index contributed by atoms with van der Waals surface area (Å²) in [4.78, 5) is 20.7. The van der Waals surface area contributed by atoms with Gasteiger partial charge < -0.3 is 15.3 Å². The lowest BCUT2D eigenvalue weighted by molar-refractivity contribution is -0.146. The average molecular weight is 204 g/mol. The number of carbonyl (C=O) groups is 2. The van der Waals surface area contributed by atoms with E-state index in [0.29, 0.717) is 12.8 Å². The summed E-state index contributed by atoms with van der Waals surface area (Å²) in [5.74, 6) is -2.75. The van der Waals surface area contributed by atoms with Gasteiger partial charge in [-0.05, 0) is 19.3 Å². The number of rotatable bonds is 7. The molecular weight excluding hydrogens is 188 g/mol. The summed E-state index contributed by atoms with van der Waals surface area (Å²) in [7, 11) is 0. The third-order valence-electron chi connectivity index (χ3n) is 2.11. The van der Waals surface area contributed by atoms with Crippen molar-refractivity contribution in [3.8, 4) is 0 Å². The van der Waals surface area contributed by atoms with Gasteiger partial charge in [-0.25, -0.2) is 0 Å². The van der Waals surface area contributed by atoms with Crippen LogP contribution in [0.25, 0.3) is 0 Å². The van der Waals surface area contributed by atoms with Crippen LogP contribution in [-0.2, 0) is 9.59 Å². The topological polar surface area (TPSA) is 94.8 Å². The Labute approximate surface area is 82.4 Å². The fourth-order valence-electron chi connectivity index (χ4n) is 1.27. The SMILES string of the molecule is CCC(C(=O)O)C(O)CCCC(=O)O. The van der Waals surface area contributed by atoms with Crippen molar-refractivity contribution in [3.63, 3.8) is 0 Å². The summed E-state index contributed by atoms with van der Waals surface area (Å²) < 4.78 is 0. The molecule has 5 nitrogen and oxygen atoms in total. The molecule has 0 saturated heterocycles. The second-order valence-electron chi connectivity index (χ2n) is 3.21. The first-order valence-corrected chi connectivity index (χ1v) is 4.61. The molecule has 3 N–H and O–H groups in total. The van der Waals surface area contributed by atoms with Gasteiger partial charge in [-0.1, -0.05) is 6.92 Å². The number of carboxylic acids is 2. The predicted molar refractivity (Wildman–Crippen MR) is 48.9 cm³/mol. The van der Waals surface area contributed by atoms with Crippen LogP contribution in [-0.4, -0.2) is 33.4 Å². The van der Waals surface area contributed by atoms with E-state index >= 15 is 0 Å². The minimum Gasteiger partial charge on any atom is -0.481 e. The lowest BCUT2D eigenvalue weighted by atomic mass is 9.95. The third kappa shape index (κ3) is 4.81. The van der Waals surface area contributed by atoms with Crippen LogP contribution in [0, 0.1) is 5.92 Å². The molecule has 0 fully saturated rings. The molecule has 5 heteroatoms. The molecule has 0 bridgehead atoms. The Morgan fingerprint density at radius 3 is 2.21 bits per heavy atom. The molecule has 0 aromatic rings. The van der Waals surface area contributed by atoms with Gasteiger partial charge in [0.15, 0.2) is 0 Å².